The number of likely N-dealkylation sites (tertiary alicyclic amines) is 1. The van der Waals surface area contributed by atoms with Crippen LogP contribution in [0.4, 0.5) is 0 Å². The summed E-state index contributed by atoms with van der Waals surface area (Å²) >= 11 is 0. The SMILES string of the molecule is CCOCCO[C@H]1CCCN(C(=O)c2ccccc2)C1. The average molecular weight is 277 g/mol. The van der Waals surface area contributed by atoms with Crippen molar-refractivity contribution in [3.8, 4) is 0 Å². The van der Waals surface area contributed by atoms with Crippen LogP contribution in [0.15, 0.2) is 30.3 Å². The van der Waals surface area contributed by atoms with E-state index in [1.54, 1.807) is 0 Å². The summed E-state index contributed by atoms with van der Waals surface area (Å²) in [6.07, 6.45) is 2.15. The van der Waals surface area contributed by atoms with Crippen molar-refractivity contribution in [2.75, 3.05) is 32.9 Å². The Hall–Kier alpha value is -1.39. The van der Waals surface area contributed by atoms with Gasteiger partial charge in [0.05, 0.1) is 19.3 Å². The maximum Gasteiger partial charge on any atom is 0.253 e. The summed E-state index contributed by atoms with van der Waals surface area (Å²) in [5.41, 5.74) is 0.752. The van der Waals surface area contributed by atoms with E-state index in [0.717, 1.165) is 24.9 Å². The van der Waals surface area contributed by atoms with E-state index in [0.29, 0.717) is 26.4 Å². The number of hydrogen-bond donors (Lipinski definition) is 0. The molecule has 0 bridgehead atoms. The summed E-state index contributed by atoms with van der Waals surface area (Å²) in [6.45, 7) is 5.41. The van der Waals surface area contributed by atoms with E-state index < -0.39 is 0 Å². The molecule has 4 nitrogen and oxygen atoms in total. The van der Waals surface area contributed by atoms with Crippen LogP contribution in [0.5, 0.6) is 0 Å². The van der Waals surface area contributed by atoms with Gasteiger partial charge in [0.2, 0.25) is 0 Å². The highest BCUT2D eigenvalue weighted by atomic mass is 16.5. The molecular weight excluding hydrogens is 254 g/mol. The molecule has 0 spiro atoms. The highest BCUT2D eigenvalue weighted by Gasteiger charge is 2.24. The van der Waals surface area contributed by atoms with Crippen molar-refractivity contribution in [2.24, 2.45) is 0 Å². The highest BCUT2D eigenvalue weighted by Crippen LogP contribution is 2.16. The van der Waals surface area contributed by atoms with Gasteiger partial charge < -0.3 is 14.4 Å². The van der Waals surface area contributed by atoms with Crippen molar-refractivity contribution in [2.45, 2.75) is 25.9 Å². The minimum Gasteiger partial charge on any atom is -0.379 e. The predicted octanol–water partition coefficient (Wildman–Crippen LogP) is 2.34. The number of rotatable bonds is 6. The Morgan fingerprint density at radius 3 is 2.85 bits per heavy atom. The minimum absolute atomic E-state index is 0.101. The molecular formula is C16H23NO3. The lowest BCUT2D eigenvalue weighted by Crippen LogP contribution is -2.43. The molecule has 1 fully saturated rings. The first-order valence-corrected chi connectivity index (χ1v) is 7.35. The zero-order chi connectivity index (χ0) is 14.2. The maximum absolute atomic E-state index is 12.4. The standard InChI is InChI=1S/C16H23NO3/c1-2-19-11-12-20-15-9-6-10-17(13-15)16(18)14-7-4-3-5-8-14/h3-5,7-8,15H,2,6,9-13H2,1H3/t15-/m0/s1. The summed E-state index contributed by atoms with van der Waals surface area (Å²) in [7, 11) is 0. The van der Waals surface area contributed by atoms with Gasteiger partial charge in [0, 0.05) is 25.3 Å². The Morgan fingerprint density at radius 1 is 1.30 bits per heavy atom. The molecule has 1 saturated heterocycles. The van der Waals surface area contributed by atoms with E-state index in [9.17, 15) is 4.79 Å². The van der Waals surface area contributed by atoms with Gasteiger partial charge in [-0.2, -0.15) is 0 Å². The number of ether oxygens (including phenoxy) is 2. The van der Waals surface area contributed by atoms with Gasteiger partial charge in [0.15, 0.2) is 0 Å². The number of carbonyl (C=O) groups excluding carboxylic acids is 1. The van der Waals surface area contributed by atoms with Crippen LogP contribution in [-0.4, -0.2) is 49.8 Å². The Bertz CT molecular complexity index is 407. The smallest absolute Gasteiger partial charge is 0.253 e. The number of hydrogen-bond acceptors (Lipinski definition) is 3. The zero-order valence-corrected chi connectivity index (χ0v) is 12.1. The number of piperidine rings is 1. The minimum atomic E-state index is 0.101. The molecule has 1 aliphatic heterocycles. The molecule has 0 saturated carbocycles. The van der Waals surface area contributed by atoms with Crippen LogP contribution in [0.3, 0.4) is 0 Å². The van der Waals surface area contributed by atoms with Gasteiger partial charge >= 0.3 is 0 Å². The molecule has 0 radical (unpaired) electrons. The lowest BCUT2D eigenvalue weighted by Gasteiger charge is -2.32. The summed E-state index contributed by atoms with van der Waals surface area (Å²) in [4.78, 5) is 14.3. The second-order valence-electron chi connectivity index (χ2n) is 4.95. The first-order valence-electron chi connectivity index (χ1n) is 7.35. The Morgan fingerprint density at radius 2 is 2.10 bits per heavy atom. The van der Waals surface area contributed by atoms with Gasteiger partial charge in [-0.3, -0.25) is 4.79 Å². The average Bonchev–Trinajstić information content (AvgIpc) is 2.52. The van der Waals surface area contributed by atoms with E-state index in [4.69, 9.17) is 9.47 Å². The highest BCUT2D eigenvalue weighted by molar-refractivity contribution is 5.94. The van der Waals surface area contributed by atoms with E-state index in [2.05, 4.69) is 0 Å². The van der Waals surface area contributed by atoms with Crippen molar-refractivity contribution in [3.63, 3.8) is 0 Å². The quantitative estimate of drug-likeness (QED) is 0.749. The molecule has 0 N–H and O–H groups in total. The topological polar surface area (TPSA) is 38.8 Å². The molecule has 0 unspecified atom stereocenters. The fourth-order valence-electron chi connectivity index (χ4n) is 2.44. The molecule has 1 aromatic rings. The molecule has 1 aliphatic rings. The predicted molar refractivity (Wildman–Crippen MR) is 77.8 cm³/mol. The summed E-state index contributed by atoms with van der Waals surface area (Å²) in [6, 6.07) is 9.44. The van der Waals surface area contributed by atoms with Crippen LogP contribution >= 0.6 is 0 Å². The Labute approximate surface area is 120 Å². The van der Waals surface area contributed by atoms with Crippen LogP contribution in [0.2, 0.25) is 0 Å². The fraction of sp³-hybridized carbons (Fsp3) is 0.562. The fourth-order valence-corrected chi connectivity index (χ4v) is 2.44. The summed E-state index contributed by atoms with van der Waals surface area (Å²) < 4.78 is 11.0. The van der Waals surface area contributed by atoms with Crippen molar-refractivity contribution in [1.82, 2.24) is 4.90 Å². The molecule has 1 amide bonds. The van der Waals surface area contributed by atoms with Crippen LogP contribution < -0.4 is 0 Å². The third-order valence-corrected chi connectivity index (χ3v) is 3.47. The number of carbonyl (C=O) groups is 1. The van der Waals surface area contributed by atoms with E-state index in [1.807, 2.05) is 42.2 Å². The van der Waals surface area contributed by atoms with Gasteiger partial charge in [0.25, 0.3) is 5.91 Å². The van der Waals surface area contributed by atoms with E-state index in [1.165, 1.54) is 0 Å². The van der Waals surface area contributed by atoms with Crippen molar-refractivity contribution in [3.05, 3.63) is 35.9 Å². The molecule has 0 aliphatic carbocycles. The normalized spacial score (nSPS) is 19.1. The molecule has 110 valence electrons. The van der Waals surface area contributed by atoms with Crippen molar-refractivity contribution < 1.29 is 14.3 Å². The zero-order valence-electron chi connectivity index (χ0n) is 12.1. The van der Waals surface area contributed by atoms with E-state index in [-0.39, 0.29) is 12.0 Å². The Kier molecular flexibility index (Phi) is 6.02. The van der Waals surface area contributed by atoms with Crippen molar-refractivity contribution >= 4 is 5.91 Å². The molecule has 20 heavy (non-hydrogen) atoms. The second kappa shape index (κ2) is 8.02. The molecule has 1 atom stereocenters. The van der Waals surface area contributed by atoms with Gasteiger partial charge in [-0.15, -0.1) is 0 Å². The monoisotopic (exact) mass is 277 g/mol. The first kappa shape index (κ1) is 15.0. The van der Waals surface area contributed by atoms with Gasteiger partial charge in [0.1, 0.15) is 0 Å². The maximum atomic E-state index is 12.4. The summed E-state index contributed by atoms with van der Waals surface area (Å²) in [5, 5.41) is 0. The van der Waals surface area contributed by atoms with Gasteiger partial charge in [-0.05, 0) is 31.9 Å². The lowest BCUT2D eigenvalue weighted by atomic mass is 10.1. The van der Waals surface area contributed by atoms with Crippen LogP contribution in [0.1, 0.15) is 30.1 Å². The molecule has 2 rings (SSSR count). The molecule has 1 heterocycles. The first-order chi connectivity index (χ1) is 9.81. The third-order valence-electron chi connectivity index (χ3n) is 3.47. The number of amides is 1. The van der Waals surface area contributed by atoms with Gasteiger partial charge in [-0.25, -0.2) is 0 Å². The van der Waals surface area contributed by atoms with E-state index >= 15 is 0 Å². The molecule has 1 aromatic carbocycles. The second-order valence-corrected chi connectivity index (χ2v) is 4.95. The van der Waals surface area contributed by atoms with Crippen molar-refractivity contribution in [1.29, 1.82) is 0 Å². The van der Waals surface area contributed by atoms with Gasteiger partial charge in [-0.1, -0.05) is 18.2 Å². The number of nitrogens with zero attached hydrogens (tertiary/aromatic N) is 1. The van der Waals surface area contributed by atoms with Crippen LogP contribution in [0.25, 0.3) is 0 Å². The molecule has 4 heteroatoms. The molecule has 0 aromatic heterocycles. The Balaban J connectivity index is 1.82. The number of benzene rings is 1. The lowest BCUT2D eigenvalue weighted by molar-refractivity contribution is -0.0226. The van der Waals surface area contributed by atoms with Crippen LogP contribution in [-0.2, 0) is 9.47 Å². The van der Waals surface area contributed by atoms with Crippen LogP contribution in [0, 0.1) is 0 Å². The largest absolute Gasteiger partial charge is 0.379 e. The third kappa shape index (κ3) is 4.32. The summed E-state index contributed by atoms with van der Waals surface area (Å²) in [5.74, 6) is 0.101.